The van der Waals surface area contributed by atoms with Crippen LogP contribution in [0, 0.1) is 11.3 Å². The minimum atomic E-state index is -1.19. The van der Waals surface area contributed by atoms with E-state index < -0.39 is 6.10 Å². The fourth-order valence-electron chi connectivity index (χ4n) is 2.78. The first-order chi connectivity index (χ1) is 14.1. The van der Waals surface area contributed by atoms with E-state index in [-0.39, 0.29) is 19.0 Å². The van der Waals surface area contributed by atoms with Crippen molar-refractivity contribution in [3.8, 4) is 17.6 Å². The van der Waals surface area contributed by atoms with Gasteiger partial charge in [-0.25, -0.2) is 0 Å². The molecule has 5 heteroatoms. The Kier molecular flexibility index (Phi) is 6.99. The largest absolute Gasteiger partial charge is 0.461 e. The molecule has 3 aromatic rings. The van der Waals surface area contributed by atoms with Crippen molar-refractivity contribution >= 4 is 5.97 Å². The lowest BCUT2D eigenvalue weighted by Crippen LogP contribution is -2.06. The van der Waals surface area contributed by atoms with Crippen LogP contribution >= 0.6 is 0 Å². The number of esters is 1. The zero-order chi connectivity index (χ0) is 20.5. The molecule has 0 amide bonds. The zero-order valence-electron chi connectivity index (χ0n) is 15.8. The third kappa shape index (κ3) is 6.20. The van der Waals surface area contributed by atoms with Crippen LogP contribution in [-0.4, -0.2) is 11.1 Å². The number of nitrogens with zero attached hydrogens (tertiary/aromatic N) is 1. The molecule has 0 fully saturated rings. The molecular formula is C24H21NO4. The van der Waals surface area contributed by atoms with Crippen molar-refractivity contribution < 1.29 is 19.4 Å². The van der Waals surface area contributed by atoms with Gasteiger partial charge in [-0.2, -0.15) is 5.26 Å². The lowest BCUT2D eigenvalue weighted by atomic mass is 10.1. The van der Waals surface area contributed by atoms with Crippen LogP contribution in [0.15, 0.2) is 78.9 Å². The number of carbonyl (C=O) groups is 1. The van der Waals surface area contributed by atoms with Crippen LogP contribution in [0.4, 0.5) is 0 Å². The molecule has 3 rings (SSSR count). The molecule has 0 aliphatic carbocycles. The van der Waals surface area contributed by atoms with E-state index in [0.29, 0.717) is 23.5 Å². The first-order valence-corrected chi connectivity index (χ1v) is 9.28. The van der Waals surface area contributed by atoms with E-state index in [4.69, 9.17) is 14.7 Å². The number of carbonyl (C=O) groups excluding carboxylic acids is 1. The Bertz CT molecular complexity index is 995. The first-order valence-electron chi connectivity index (χ1n) is 9.28. The molecule has 0 saturated heterocycles. The Hall–Kier alpha value is -3.62. The minimum Gasteiger partial charge on any atom is -0.461 e. The molecule has 3 aromatic carbocycles. The van der Waals surface area contributed by atoms with Crippen molar-refractivity contribution in [1.82, 2.24) is 0 Å². The van der Waals surface area contributed by atoms with Gasteiger partial charge >= 0.3 is 5.97 Å². The number of aliphatic hydroxyl groups excluding tert-OH is 1. The smallest absolute Gasteiger partial charge is 0.306 e. The summed E-state index contributed by atoms with van der Waals surface area (Å²) in [5.74, 6) is 0.887. The highest BCUT2D eigenvalue weighted by atomic mass is 16.5. The maximum Gasteiger partial charge on any atom is 0.306 e. The Morgan fingerprint density at radius 1 is 0.931 bits per heavy atom. The van der Waals surface area contributed by atoms with Gasteiger partial charge in [0.15, 0.2) is 6.10 Å². The molecule has 0 aliphatic rings. The van der Waals surface area contributed by atoms with Crippen molar-refractivity contribution in [2.45, 2.75) is 25.6 Å². The van der Waals surface area contributed by atoms with Gasteiger partial charge in [-0.3, -0.25) is 4.79 Å². The number of hydrogen-bond donors (Lipinski definition) is 1. The molecule has 0 spiro atoms. The quantitative estimate of drug-likeness (QED) is 0.447. The molecule has 1 N–H and O–H groups in total. The Morgan fingerprint density at radius 2 is 1.62 bits per heavy atom. The molecule has 5 nitrogen and oxygen atoms in total. The SMILES string of the molecule is N#CC(O)c1cccc(Oc2cccc(CCC(=O)OCc3ccccc3)c2)c1. The van der Waals surface area contributed by atoms with Gasteiger partial charge in [0.05, 0.1) is 6.07 Å². The summed E-state index contributed by atoms with van der Waals surface area (Å²) in [4.78, 5) is 12.0. The van der Waals surface area contributed by atoms with Crippen molar-refractivity contribution in [3.63, 3.8) is 0 Å². The summed E-state index contributed by atoms with van der Waals surface area (Å²) >= 11 is 0. The number of aliphatic hydroxyl groups is 1. The molecule has 1 unspecified atom stereocenters. The second kappa shape index (κ2) is 10.1. The van der Waals surface area contributed by atoms with Crippen molar-refractivity contribution in [2.24, 2.45) is 0 Å². The molecule has 0 heterocycles. The standard InChI is InChI=1S/C24H21NO4/c25-16-23(26)20-9-5-11-22(15-20)29-21-10-4-8-18(14-21)12-13-24(27)28-17-19-6-2-1-3-7-19/h1-11,14-15,23,26H,12-13,17H2. The van der Waals surface area contributed by atoms with Gasteiger partial charge in [0.25, 0.3) is 0 Å². The highest BCUT2D eigenvalue weighted by molar-refractivity contribution is 5.69. The monoisotopic (exact) mass is 387 g/mol. The van der Waals surface area contributed by atoms with Crippen molar-refractivity contribution in [3.05, 3.63) is 95.6 Å². The zero-order valence-corrected chi connectivity index (χ0v) is 15.8. The molecule has 0 aromatic heterocycles. The second-order valence-corrected chi connectivity index (χ2v) is 6.50. The summed E-state index contributed by atoms with van der Waals surface area (Å²) in [6.45, 7) is 0.272. The molecule has 0 radical (unpaired) electrons. The summed E-state index contributed by atoms with van der Waals surface area (Å²) in [7, 11) is 0. The third-order valence-corrected chi connectivity index (χ3v) is 4.29. The van der Waals surface area contributed by atoms with Crippen LogP contribution in [0.3, 0.4) is 0 Å². The van der Waals surface area contributed by atoms with Gasteiger partial charge in [-0.1, -0.05) is 54.6 Å². The number of hydrogen-bond acceptors (Lipinski definition) is 5. The van der Waals surface area contributed by atoms with E-state index in [1.807, 2.05) is 54.6 Å². The molecule has 0 bridgehead atoms. The van der Waals surface area contributed by atoms with E-state index in [2.05, 4.69) is 0 Å². The topological polar surface area (TPSA) is 79.5 Å². The van der Waals surface area contributed by atoms with Crippen LogP contribution in [0.25, 0.3) is 0 Å². The molecule has 29 heavy (non-hydrogen) atoms. The Morgan fingerprint density at radius 3 is 2.38 bits per heavy atom. The highest BCUT2D eigenvalue weighted by Crippen LogP contribution is 2.25. The van der Waals surface area contributed by atoms with Crippen LogP contribution in [0.1, 0.15) is 29.2 Å². The van der Waals surface area contributed by atoms with Gasteiger partial charge in [0.1, 0.15) is 18.1 Å². The van der Waals surface area contributed by atoms with Gasteiger partial charge < -0.3 is 14.6 Å². The van der Waals surface area contributed by atoms with E-state index in [1.54, 1.807) is 30.3 Å². The second-order valence-electron chi connectivity index (χ2n) is 6.50. The number of aryl methyl sites for hydroxylation is 1. The summed E-state index contributed by atoms with van der Waals surface area (Å²) in [6.07, 6.45) is -0.371. The average Bonchev–Trinajstić information content (AvgIpc) is 2.77. The molecule has 0 saturated carbocycles. The van der Waals surface area contributed by atoms with Crippen LogP contribution < -0.4 is 4.74 Å². The molecular weight excluding hydrogens is 366 g/mol. The third-order valence-electron chi connectivity index (χ3n) is 4.29. The van der Waals surface area contributed by atoms with E-state index in [9.17, 15) is 9.90 Å². The summed E-state index contributed by atoms with van der Waals surface area (Å²) in [5.41, 5.74) is 2.38. The number of nitriles is 1. The van der Waals surface area contributed by atoms with E-state index in [0.717, 1.165) is 11.1 Å². The fraction of sp³-hybridized carbons (Fsp3) is 0.167. The lowest BCUT2D eigenvalue weighted by molar-refractivity contribution is -0.144. The lowest BCUT2D eigenvalue weighted by Gasteiger charge is -2.10. The van der Waals surface area contributed by atoms with Gasteiger partial charge in [-0.05, 0) is 47.4 Å². The maximum atomic E-state index is 12.0. The summed E-state index contributed by atoms with van der Waals surface area (Å²) in [5, 5.41) is 18.5. The van der Waals surface area contributed by atoms with Crippen LogP contribution in [0.2, 0.25) is 0 Å². The predicted octanol–water partition coefficient (Wildman–Crippen LogP) is 4.71. The van der Waals surface area contributed by atoms with Crippen LogP contribution in [0.5, 0.6) is 11.5 Å². The number of ether oxygens (including phenoxy) is 2. The number of benzene rings is 3. The van der Waals surface area contributed by atoms with Gasteiger partial charge in [0.2, 0.25) is 0 Å². The number of rotatable bonds is 8. The highest BCUT2D eigenvalue weighted by Gasteiger charge is 2.08. The molecule has 1 atom stereocenters. The predicted molar refractivity (Wildman–Crippen MR) is 108 cm³/mol. The molecule has 146 valence electrons. The maximum absolute atomic E-state index is 12.0. The Labute approximate surface area is 169 Å². The Balaban J connectivity index is 1.54. The van der Waals surface area contributed by atoms with Gasteiger partial charge in [0, 0.05) is 6.42 Å². The van der Waals surface area contributed by atoms with Gasteiger partial charge in [-0.15, -0.1) is 0 Å². The summed E-state index contributed by atoms with van der Waals surface area (Å²) < 4.78 is 11.1. The van der Waals surface area contributed by atoms with Crippen molar-refractivity contribution in [1.29, 1.82) is 5.26 Å². The molecule has 0 aliphatic heterocycles. The van der Waals surface area contributed by atoms with Crippen molar-refractivity contribution in [2.75, 3.05) is 0 Å². The summed E-state index contributed by atoms with van der Waals surface area (Å²) in [6, 6.07) is 25.6. The van der Waals surface area contributed by atoms with Crippen LogP contribution in [-0.2, 0) is 22.6 Å². The fourth-order valence-corrected chi connectivity index (χ4v) is 2.78. The normalized spacial score (nSPS) is 11.3. The van der Waals surface area contributed by atoms with E-state index >= 15 is 0 Å². The minimum absolute atomic E-state index is 0.252. The average molecular weight is 387 g/mol. The van der Waals surface area contributed by atoms with E-state index in [1.165, 1.54) is 0 Å². The first kappa shape index (κ1) is 20.1.